The number of carboxylic acid groups (broad SMARTS) is 1. The molecule has 0 bridgehead atoms. The maximum atomic E-state index is 10.9. The van der Waals surface area contributed by atoms with Crippen LogP contribution in [0.1, 0.15) is 71.6 Å². The number of aliphatic carboxylic acids is 1. The minimum Gasteiger partial charge on any atom is -0.492 e. The Morgan fingerprint density at radius 2 is 1.79 bits per heavy atom. The van der Waals surface area contributed by atoms with Gasteiger partial charge in [-0.3, -0.25) is 0 Å². The molecule has 33 heavy (non-hydrogen) atoms. The molecule has 174 valence electrons. The Bertz CT molecular complexity index is 1140. The summed E-state index contributed by atoms with van der Waals surface area (Å²) in [5.74, 6) is 0.511. The molecule has 2 atom stereocenters. The summed E-state index contributed by atoms with van der Waals surface area (Å²) in [6.07, 6.45) is 6.43. The van der Waals surface area contributed by atoms with E-state index in [-0.39, 0.29) is 16.2 Å². The van der Waals surface area contributed by atoms with Crippen LogP contribution in [-0.2, 0) is 21.0 Å². The molecule has 0 unspecified atom stereocenters. The van der Waals surface area contributed by atoms with E-state index in [1.807, 2.05) is 13.0 Å². The first-order valence-electron chi connectivity index (χ1n) is 11.8. The lowest BCUT2D eigenvalue weighted by atomic mass is 9.81. The smallest absolute Gasteiger partial charge is 0.328 e. The van der Waals surface area contributed by atoms with Crippen molar-refractivity contribution in [3.05, 3.63) is 76.9 Å². The molecule has 2 aromatic rings. The van der Waals surface area contributed by atoms with E-state index in [0.717, 1.165) is 17.7 Å². The number of rotatable bonds is 5. The molecule has 0 spiro atoms. The van der Waals surface area contributed by atoms with Crippen molar-refractivity contribution >= 4 is 5.97 Å². The molecule has 1 aliphatic heterocycles. The summed E-state index contributed by atoms with van der Waals surface area (Å²) in [6.45, 7) is 16.1. The molecular weight excluding hydrogens is 408 g/mol. The molecule has 0 radical (unpaired) electrons. The molecule has 1 N–H and O–H groups in total. The summed E-state index contributed by atoms with van der Waals surface area (Å²) in [7, 11) is 0. The maximum absolute atomic E-state index is 10.9. The van der Waals surface area contributed by atoms with Gasteiger partial charge in [0, 0.05) is 22.6 Å². The highest BCUT2D eigenvalue weighted by Gasteiger charge is 2.50. The van der Waals surface area contributed by atoms with Gasteiger partial charge in [-0.05, 0) is 58.4 Å². The van der Waals surface area contributed by atoms with E-state index in [0.29, 0.717) is 12.5 Å². The van der Waals surface area contributed by atoms with Gasteiger partial charge in [-0.2, -0.15) is 0 Å². The van der Waals surface area contributed by atoms with Gasteiger partial charge in [0.05, 0.1) is 6.61 Å². The molecule has 0 aromatic heterocycles. The van der Waals surface area contributed by atoms with E-state index in [9.17, 15) is 4.79 Å². The number of hydrogen-bond acceptors (Lipinski definition) is 2. The average Bonchev–Trinajstić information content (AvgIpc) is 3.30. The summed E-state index contributed by atoms with van der Waals surface area (Å²) < 4.78 is 6.25. The molecule has 1 fully saturated rings. The highest BCUT2D eigenvalue weighted by molar-refractivity contribution is 5.81. The van der Waals surface area contributed by atoms with Gasteiger partial charge in [-0.25, -0.2) is 4.79 Å². The first-order valence-corrected chi connectivity index (χ1v) is 11.8. The SMILES string of the molecule is CC(/C=C/[C@@H]1C[C@]1(C)c1cc(-c2ccc(C(C)(C)C)cc2)c2c(c1)C(C)(C)CO2)=C\C(=O)O. The molecule has 2 aromatic carbocycles. The fourth-order valence-electron chi connectivity index (χ4n) is 4.83. The lowest BCUT2D eigenvalue weighted by molar-refractivity contribution is -0.131. The standard InChI is InChI=1S/C30H36O3/c1-19(14-26(31)32)8-11-22-17-30(22,7)23-15-24(27-25(16-23)29(5,6)18-33-27)20-9-12-21(13-10-20)28(2,3)4/h8-16,22H,17-18H2,1-7H3,(H,31,32)/b11-8+,19-14+/t22-,30+/m1/s1. The molecule has 0 saturated heterocycles. The predicted octanol–water partition coefficient (Wildman–Crippen LogP) is 7.19. The van der Waals surface area contributed by atoms with Gasteiger partial charge >= 0.3 is 5.97 Å². The van der Waals surface area contributed by atoms with Crippen LogP contribution >= 0.6 is 0 Å². The van der Waals surface area contributed by atoms with Crippen LogP contribution in [-0.4, -0.2) is 17.7 Å². The zero-order chi connectivity index (χ0) is 24.2. The number of carbonyl (C=O) groups is 1. The third kappa shape index (κ3) is 4.51. The van der Waals surface area contributed by atoms with Gasteiger partial charge in [0.1, 0.15) is 5.75 Å². The van der Waals surface area contributed by atoms with E-state index < -0.39 is 5.97 Å². The fraction of sp³-hybridized carbons (Fsp3) is 0.433. The third-order valence-electron chi connectivity index (χ3n) is 7.36. The van der Waals surface area contributed by atoms with Crippen LogP contribution in [0.4, 0.5) is 0 Å². The molecule has 1 saturated carbocycles. The monoisotopic (exact) mass is 444 g/mol. The molecular formula is C30H36O3. The Morgan fingerprint density at radius 1 is 1.12 bits per heavy atom. The third-order valence-corrected chi connectivity index (χ3v) is 7.36. The summed E-state index contributed by atoms with van der Waals surface area (Å²) in [4.78, 5) is 10.9. The Hall–Kier alpha value is -2.81. The van der Waals surface area contributed by atoms with E-state index >= 15 is 0 Å². The molecule has 1 aliphatic carbocycles. The van der Waals surface area contributed by atoms with Crippen LogP contribution in [0.25, 0.3) is 11.1 Å². The Morgan fingerprint density at radius 3 is 2.39 bits per heavy atom. The second kappa shape index (κ2) is 7.90. The fourth-order valence-corrected chi connectivity index (χ4v) is 4.83. The Kier molecular flexibility index (Phi) is 5.59. The largest absolute Gasteiger partial charge is 0.492 e. The molecule has 4 rings (SSSR count). The second-order valence-electron chi connectivity index (χ2n) is 11.7. The summed E-state index contributed by atoms with van der Waals surface area (Å²) in [6, 6.07) is 13.6. The van der Waals surface area contributed by atoms with Gasteiger partial charge in [-0.1, -0.05) is 84.0 Å². The van der Waals surface area contributed by atoms with Gasteiger partial charge in [-0.15, -0.1) is 0 Å². The minimum atomic E-state index is -0.904. The molecule has 3 heteroatoms. The van der Waals surface area contributed by atoms with Crippen molar-refractivity contribution in [3.63, 3.8) is 0 Å². The summed E-state index contributed by atoms with van der Waals surface area (Å²) in [5.41, 5.74) is 7.22. The van der Waals surface area contributed by atoms with E-state index in [1.165, 1.54) is 33.9 Å². The molecule has 2 aliphatic rings. The first-order chi connectivity index (χ1) is 15.3. The highest BCUT2D eigenvalue weighted by atomic mass is 16.5. The Labute approximate surface area is 198 Å². The van der Waals surface area contributed by atoms with E-state index in [1.54, 1.807) is 0 Å². The van der Waals surface area contributed by atoms with Crippen molar-refractivity contribution in [2.45, 2.75) is 71.1 Å². The maximum Gasteiger partial charge on any atom is 0.328 e. The number of ether oxygens (including phenoxy) is 1. The second-order valence-corrected chi connectivity index (χ2v) is 11.7. The zero-order valence-corrected chi connectivity index (χ0v) is 21.0. The number of fused-ring (bicyclic) bond motifs is 1. The van der Waals surface area contributed by atoms with Crippen LogP contribution in [0.15, 0.2) is 60.2 Å². The van der Waals surface area contributed by atoms with Crippen LogP contribution in [0.2, 0.25) is 0 Å². The van der Waals surface area contributed by atoms with Crippen molar-refractivity contribution in [2.24, 2.45) is 5.92 Å². The van der Waals surface area contributed by atoms with E-state index in [2.05, 4.69) is 84.0 Å². The lowest BCUT2D eigenvalue weighted by Gasteiger charge is -2.21. The van der Waals surface area contributed by atoms with Crippen LogP contribution in [0, 0.1) is 5.92 Å². The molecule has 1 heterocycles. The van der Waals surface area contributed by atoms with Gasteiger partial charge in [0.2, 0.25) is 0 Å². The number of allylic oxidation sites excluding steroid dienone is 3. The normalized spacial score (nSPS) is 24.0. The van der Waals surface area contributed by atoms with Crippen molar-refractivity contribution in [2.75, 3.05) is 6.61 Å². The van der Waals surface area contributed by atoms with Gasteiger partial charge < -0.3 is 9.84 Å². The summed E-state index contributed by atoms with van der Waals surface area (Å²) in [5, 5.41) is 8.96. The predicted molar refractivity (Wildman–Crippen MR) is 135 cm³/mol. The van der Waals surface area contributed by atoms with Crippen LogP contribution in [0.5, 0.6) is 5.75 Å². The minimum absolute atomic E-state index is 0.0250. The van der Waals surface area contributed by atoms with Crippen molar-refractivity contribution in [1.82, 2.24) is 0 Å². The number of hydrogen-bond donors (Lipinski definition) is 1. The topological polar surface area (TPSA) is 46.5 Å². The average molecular weight is 445 g/mol. The van der Waals surface area contributed by atoms with Crippen molar-refractivity contribution < 1.29 is 14.6 Å². The van der Waals surface area contributed by atoms with Gasteiger partial charge in [0.15, 0.2) is 0 Å². The van der Waals surface area contributed by atoms with Crippen LogP contribution in [0.3, 0.4) is 0 Å². The zero-order valence-electron chi connectivity index (χ0n) is 21.0. The first kappa shape index (κ1) is 23.4. The number of carboxylic acids is 1. The van der Waals surface area contributed by atoms with Crippen molar-refractivity contribution in [1.29, 1.82) is 0 Å². The lowest BCUT2D eigenvalue weighted by Crippen LogP contribution is -2.18. The molecule has 0 amide bonds. The quantitative estimate of drug-likeness (QED) is 0.392. The summed E-state index contributed by atoms with van der Waals surface area (Å²) >= 11 is 0. The highest BCUT2D eigenvalue weighted by Crippen LogP contribution is 2.57. The van der Waals surface area contributed by atoms with E-state index in [4.69, 9.17) is 9.84 Å². The van der Waals surface area contributed by atoms with Gasteiger partial charge in [0.25, 0.3) is 0 Å². The van der Waals surface area contributed by atoms with Crippen LogP contribution < -0.4 is 4.74 Å². The van der Waals surface area contributed by atoms with Crippen molar-refractivity contribution in [3.8, 4) is 16.9 Å². The Balaban J connectivity index is 1.73. The molecule has 3 nitrogen and oxygen atoms in total. The number of benzene rings is 2.